The molecule has 1 aliphatic rings. The van der Waals surface area contributed by atoms with E-state index in [1.54, 1.807) is 0 Å². The minimum Gasteiger partial charge on any atom is -0.326 e. The first-order valence-electron chi connectivity index (χ1n) is 7.48. The van der Waals surface area contributed by atoms with E-state index in [1.807, 2.05) is 24.3 Å². The van der Waals surface area contributed by atoms with Crippen LogP contribution in [0.4, 0.5) is 5.69 Å². The molecule has 4 nitrogen and oxygen atoms in total. The first-order valence-corrected chi connectivity index (χ1v) is 7.48. The van der Waals surface area contributed by atoms with Gasteiger partial charge in [-0.3, -0.25) is 9.69 Å². The monoisotopic (exact) mass is 275 g/mol. The summed E-state index contributed by atoms with van der Waals surface area (Å²) in [5.41, 5.74) is 7.47. The van der Waals surface area contributed by atoms with Crippen LogP contribution in [-0.2, 0) is 11.3 Å². The summed E-state index contributed by atoms with van der Waals surface area (Å²) >= 11 is 0. The van der Waals surface area contributed by atoms with Gasteiger partial charge in [-0.05, 0) is 56.0 Å². The Morgan fingerprint density at radius 3 is 2.75 bits per heavy atom. The highest BCUT2D eigenvalue weighted by atomic mass is 16.2. The van der Waals surface area contributed by atoms with Gasteiger partial charge in [0.15, 0.2) is 0 Å². The molecular weight excluding hydrogens is 250 g/mol. The van der Waals surface area contributed by atoms with Crippen LogP contribution in [-0.4, -0.2) is 30.4 Å². The zero-order valence-electron chi connectivity index (χ0n) is 12.3. The van der Waals surface area contributed by atoms with E-state index in [4.69, 9.17) is 5.73 Å². The van der Waals surface area contributed by atoms with Crippen molar-refractivity contribution in [2.75, 3.05) is 25.0 Å². The third kappa shape index (κ3) is 4.62. The maximum atomic E-state index is 12.1. The molecule has 0 aliphatic carbocycles. The SMILES string of the molecule is CC1CCCN(CC(=O)Nc2ccc(CN)cc2)CC1. The highest BCUT2D eigenvalue weighted by Crippen LogP contribution is 2.16. The van der Waals surface area contributed by atoms with Gasteiger partial charge in [0, 0.05) is 12.2 Å². The summed E-state index contributed by atoms with van der Waals surface area (Å²) in [6.07, 6.45) is 3.66. The van der Waals surface area contributed by atoms with Crippen molar-refractivity contribution in [1.82, 2.24) is 4.90 Å². The number of hydrogen-bond acceptors (Lipinski definition) is 3. The number of nitrogens with one attached hydrogen (secondary N) is 1. The number of benzene rings is 1. The number of carbonyl (C=O) groups is 1. The van der Waals surface area contributed by atoms with E-state index in [2.05, 4.69) is 17.1 Å². The van der Waals surface area contributed by atoms with Gasteiger partial charge in [-0.1, -0.05) is 19.1 Å². The van der Waals surface area contributed by atoms with Gasteiger partial charge in [-0.2, -0.15) is 0 Å². The highest BCUT2D eigenvalue weighted by Gasteiger charge is 2.16. The Bertz CT molecular complexity index is 430. The van der Waals surface area contributed by atoms with Crippen LogP contribution in [0, 0.1) is 5.92 Å². The molecule has 1 fully saturated rings. The summed E-state index contributed by atoms with van der Waals surface area (Å²) in [7, 11) is 0. The standard InChI is InChI=1S/C16H25N3O/c1-13-3-2-9-19(10-8-13)12-16(20)18-15-6-4-14(11-17)5-7-15/h4-7,13H,2-3,8-12,17H2,1H3,(H,18,20). The third-order valence-corrected chi connectivity index (χ3v) is 3.95. The molecule has 1 aromatic carbocycles. The Labute approximate surface area is 121 Å². The second kappa shape index (κ2) is 7.41. The van der Waals surface area contributed by atoms with Gasteiger partial charge >= 0.3 is 0 Å². The summed E-state index contributed by atoms with van der Waals surface area (Å²) in [6.45, 7) is 5.37. The number of amides is 1. The molecule has 1 saturated heterocycles. The molecule has 0 bridgehead atoms. The van der Waals surface area contributed by atoms with E-state index in [0.717, 1.165) is 30.3 Å². The van der Waals surface area contributed by atoms with E-state index in [9.17, 15) is 4.79 Å². The molecule has 1 amide bonds. The van der Waals surface area contributed by atoms with Crippen LogP contribution in [0.3, 0.4) is 0 Å². The normalized spacial score (nSPS) is 20.4. The number of carbonyl (C=O) groups excluding carboxylic acids is 1. The van der Waals surface area contributed by atoms with Gasteiger partial charge in [0.2, 0.25) is 5.91 Å². The molecule has 0 radical (unpaired) electrons. The molecule has 0 aromatic heterocycles. The Morgan fingerprint density at radius 1 is 1.30 bits per heavy atom. The number of nitrogens with two attached hydrogens (primary N) is 1. The van der Waals surface area contributed by atoms with Crippen LogP contribution in [0.2, 0.25) is 0 Å². The minimum atomic E-state index is 0.0695. The second-order valence-electron chi connectivity index (χ2n) is 5.76. The average molecular weight is 275 g/mol. The lowest BCUT2D eigenvalue weighted by Crippen LogP contribution is -2.34. The molecule has 1 heterocycles. The molecule has 0 spiro atoms. The highest BCUT2D eigenvalue weighted by molar-refractivity contribution is 5.92. The summed E-state index contributed by atoms with van der Waals surface area (Å²) in [5.74, 6) is 0.854. The summed E-state index contributed by atoms with van der Waals surface area (Å²) < 4.78 is 0. The summed E-state index contributed by atoms with van der Waals surface area (Å²) in [6, 6.07) is 7.71. The van der Waals surface area contributed by atoms with E-state index >= 15 is 0 Å². The average Bonchev–Trinajstić information content (AvgIpc) is 2.64. The van der Waals surface area contributed by atoms with Crippen molar-refractivity contribution >= 4 is 11.6 Å². The van der Waals surface area contributed by atoms with Crippen LogP contribution in [0.1, 0.15) is 31.7 Å². The molecule has 1 atom stereocenters. The number of anilines is 1. The lowest BCUT2D eigenvalue weighted by Gasteiger charge is -2.19. The number of rotatable bonds is 4. The van der Waals surface area contributed by atoms with Gasteiger partial charge in [0.05, 0.1) is 6.54 Å². The Morgan fingerprint density at radius 2 is 2.05 bits per heavy atom. The van der Waals surface area contributed by atoms with Crippen LogP contribution >= 0.6 is 0 Å². The first kappa shape index (κ1) is 15.0. The summed E-state index contributed by atoms with van der Waals surface area (Å²) in [5, 5.41) is 2.95. The van der Waals surface area contributed by atoms with Crippen LogP contribution in [0.5, 0.6) is 0 Å². The maximum Gasteiger partial charge on any atom is 0.238 e. The van der Waals surface area contributed by atoms with Crippen molar-refractivity contribution in [1.29, 1.82) is 0 Å². The van der Waals surface area contributed by atoms with Gasteiger partial charge in [0.25, 0.3) is 0 Å². The second-order valence-corrected chi connectivity index (χ2v) is 5.76. The van der Waals surface area contributed by atoms with Crippen molar-refractivity contribution in [3.05, 3.63) is 29.8 Å². The lowest BCUT2D eigenvalue weighted by atomic mass is 10.0. The van der Waals surface area contributed by atoms with Crippen molar-refractivity contribution in [3.8, 4) is 0 Å². The molecule has 1 aliphatic heterocycles. The molecule has 20 heavy (non-hydrogen) atoms. The van der Waals surface area contributed by atoms with Crippen LogP contribution in [0.15, 0.2) is 24.3 Å². The zero-order chi connectivity index (χ0) is 14.4. The van der Waals surface area contributed by atoms with Crippen LogP contribution < -0.4 is 11.1 Å². The number of nitrogens with zero attached hydrogens (tertiary/aromatic N) is 1. The Balaban J connectivity index is 1.82. The fraction of sp³-hybridized carbons (Fsp3) is 0.562. The van der Waals surface area contributed by atoms with E-state index in [0.29, 0.717) is 13.1 Å². The van der Waals surface area contributed by atoms with Crippen molar-refractivity contribution < 1.29 is 4.79 Å². The predicted molar refractivity (Wildman–Crippen MR) is 82.4 cm³/mol. The fourth-order valence-corrected chi connectivity index (χ4v) is 2.61. The molecule has 1 aromatic rings. The van der Waals surface area contributed by atoms with E-state index in [-0.39, 0.29) is 5.91 Å². The lowest BCUT2D eigenvalue weighted by molar-refractivity contribution is -0.117. The molecule has 0 saturated carbocycles. The van der Waals surface area contributed by atoms with E-state index in [1.165, 1.54) is 19.3 Å². The van der Waals surface area contributed by atoms with Gasteiger partial charge < -0.3 is 11.1 Å². The first-order chi connectivity index (χ1) is 9.67. The van der Waals surface area contributed by atoms with Gasteiger partial charge in [-0.25, -0.2) is 0 Å². The fourth-order valence-electron chi connectivity index (χ4n) is 2.61. The third-order valence-electron chi connectivity index (χ3n) is 3.95. The molecule has 4 heteroatoms. The van der Waals surface area contributed by atoms with Crippen molar-refractivity contribution in [2.45, 2.75) is 32.7 Å². The van der Waals surface area contributed by atoms with Crippen LogP contribution in [0.25, 0.3) is 0 Å². The van der Waals surface area contributed by atoms with Crippen molar-refractivity contribution in [2.24, 2.45) is 11.7 Å². The number of hydrogen-bond donors (Lipinski definition) is 2. The van der Waals surface area contributed by atoms with E-state index < -0.39 is 0 Å². The Kier molecular flexibility index (Phi) is 5.56. The molecule has 2 rings (SSSR count). The minimum absolute atomic E-state index is 0.0695. The summed E-state index contributed by atoms with van der Waals surface area (Å²) in [4.78, 5) is 14.3. The zero-order valence-corrected chi connectivity index (χ0v) is 12.3. The van der Waals surface area contributed by atoms with Gasteiger partial charge in [0.1, 0.15) is 0 Å². The molecular formula is C16H25N3O. The van der Waals surface area contributed by atoms with Gasteiger partial charge in [-0.15, -0.1) is 0 Å². The maximum absolute atomic E-state index is 12.1. The smallest absolute Gasteiger partial charge is 0.238 e. The van der Waals surface area contributed by atoms with Crippen molar-refractivity contribution in [3.63, 3.8) is 0 Å². The largest absolute Gasteiger partial charge is 0.326 e. The molecule has 3 N–H and O–H groups in total. The Hall–Kier alpha value is -1.39. The quantitative estimate of drug-likeness (QED) is 0.885. The molecule has 1 unspecified atom stereocenters. The predicted octanol–water partition coefficient (Wildman–Crippen LogP) is 2.21. The molecule has 110 valence electrons. The topological polar surface area (TPSA) is 58.4 Å². The number of likely N-dealkylation sites (tertiary alicyclic amines) is 1.